The van der Waals surface area contributed by atoms with Gasteiger partial charge in [0.25, 0.3) is 5.91 Å². The van der Waals surface area contributed by atoms with Crippen molar-refractivity contribution in [3.8, 4) is 0 Å². The molecule has 1 aliphatic heterocycles. The molecule has 178 valence electrons. The van der Waals surface area contributed by atoms with Crippen LogP contribution in [0.15, 0.2) is 29.9 Å². The van der Waals surface area contributed by atoms with Crippen LogP contribution in [0.25, 0.3) is 10.2 Å². The molecule has 1 amide bonds. The van der Waals surface area contributed by atoms with Gasteiger partial charge in [-0.15, -0.1) is 11.3 Å². The van der Waals surface area contributed by atoms with E-state index in [2.05, 4.69) is 34.1 Å². The van der Waals surface area contributed by atoms with Crippen LogP contribution in [0.5, 0.6) is 0 Å². The van der Waals surface area contributed by atoms with Gasteiger partial charge in [-0.3, -0.25) is 14.6 Å². The summed E-state index contributed by atoms with van der Waals surface area (Å²) in [5.41, 5.74) is 2.00. The van der Waals surface area contributed by atoms with Gasteiger partial charge in [0.05, 0.1) is 22.5 Å². The molecule has 1 aliphatic carbocycles. The molecule has 0 radical (unpaired) electrons. The molecule has 9 heteroatoms. The van der Waals surface area contributed by atoms with Gasteiger partial charge in [-0.25, -0.2) is 14.4 Å². The number of carbonyl (C=O) groups excluding carboxylic acids is 2. The number of thiophene rings is 1. The van der Waals surface area contributed by atoms with Crippen LogP contribution in [0.3, 0.4) is 0 Å². The molecule has 34 heavy (non-hydrogen) atoms. The average molecular weight is 482 g/mol. The molecule has 5 rings (SSSR count). The third-order valence-corrected chi connectivity index (χ3v) is 7.78. The zero-order valence-electron chi connectivity index (χ0n) is 19.5. The van der Waals surface area contributed by atoms with Crippen molar-refractivity contribution < 1.29 is 14.0 Å². The second-order valence-electron chi connectivity index (χ2n) is 10.3. The van der Waals surface area contributed by atoms with Crippen molar-refractivity contribution >= 4 is 39.2 Å². The Bertz CT molecular complexity index is 1250. The van der Waals surface area contributed by atoms with Gasteiger partial charge in [-0.1, -0.05) is 13.8 Å². The van der Waals surface area contributed by atoms with Gasteiger partial charge < -0.3 is 10.2 Å². The Kier molecular flexibility index (Phi) is 5.83. The molecule has 0 spiro atoms. The zero-order valence-corrected chi connectivity index (χ0v) is 20.4. The molecule has 1 saturated carbocycles. The van der Waals surface area contributed by atoms with Crippen LogP contribution in [0.2, 0.25) is 0 Å². The molecule has 0 bridgehead atoms. The van der Waals surface area contributed by atoms with Crippen LogP contribution in [0.4, 0.5) is 10.3 Å². The van der Waals surface area contributed by atoms with E-state index in [0.29, 0.717) is 48.0 Å². The highest BCUT2D eigenvalue weighted by Gasteiger charge is 2.42. The number of pyridine rings is 1. The van der Waals surface area contributed by atoms with E-state index in [1.807, 2.05) is 18.4 Å². The van der Waals surface area contributed by atoms with Crippen molar-refractivity contribution in [2.24, 2.45) is 17.3 Å². The van der Waals surface area contributed by atoms with E-state index in [9.17, 15) is 14.0 Å². The monoisotopic (exact) mass is 481 g/mol. The number of nitrogens with one attached hydrogen (secondary N) is 1. The lowest BCUT2D eigenvalue weighted by Crippen LogP contribution is -2.51. The molecule has 4 heterocycles. The number of hydrogen-bond acceptors (Lipinski definition) is 7. The van der Waals surface area contributed by atoms with Crippen molar-refractivity contribution in [2.75, 3.05) is 18.4 Å². The van der Waals surface area contributed by atoms with Crippen LogP contribution in [0.1, 0.15) is 62.1 Å². The first-order chi connectivity index (χ1) is 16.2. The summed E-state index contributed by atoms with van der Waals surface area (Å²) in [5, 5.41) is 5.05. The third-order valence-electron chi connectivity index (χ3n) is 6.87. The Morgan fingerprint density at radius 3 is 2.74 bits per heavy atom. The Balaban J connectivity index is 1.26. The highest BCUT2D eigenvalue weighted by atomic mass is 32.1. The molecule has 2 fully saturated rings. The molecule has 2 aliphatic rings. The normalized spacial score (nSPS) is 18.9. The number of Topliss-reactive ketones (excluding diaryl/α,β-unsaturated/α-hetero) is 1. The van der Waals surface area contributed by atoms with Gasteiger partial charge in [0, 0.05) is 37.5 Å². The van der Waals surface area contributed by atoms with Crippen molar-refractivity contribution in [2.45, 2.75) is 46.1 Å². The van der Waals surface area contributed by atoms with Crippen LogP contribution in [-0.2, 0) is 4.79 Å². The largest absolute Gasteiger partial charge is 0.348 e. The first kappa shape index (κ1) is 22.8. The Morgan fingerprint density at radius 1 is 1.26 bits per heavy atom. The maximum absolute atomic E-state index is 13.6. The van der Waals surface area contributed by atoms with Gasteiger partial charge in [-0.2, -0.15) is 0 Å². The summed E-state index contributed by atoms with van der Waals surface area (Å²) in [4.78, 5) is 40.5. The van der Waals surface area contributed by atoms with Crippen molar-refractivity contribution in [1.82, 2.24) is 19.9 Å². The molecule has 1 atom stereocenters. The lowest BCUT2D eigenvalue weighted by molar-refractivity contribution is -0.131. The highest BCUT2D eigenvalue weighted by Crippen LogP contribution is 2.46. The number of rotatable bonds is 7. The van der Waals surface area contributed by atoms with Crippen LogP contribution >= 0.6 is 11.3 Å². The number of ketones is 1. The quantitative estimate of drug-likeness (QED) is 0.518. The lowest BCUT2D eigenvalue weighted by atomic mass is 9.62. The molecular formula is C25H28FN5O2S. The average Bonchev–Trinajstić information content (AvgIpc) is 3.21. The summed E-state index contributed by atoms with van der Waals surface area (Å²) in [7, 11) is 0. The summed E-state index contributed by atoms with van der Waals surface area (Å²) >= 11 is 1.43. The molecule has 0 aromatic carbocycles. The van der Waals surface area contributed by atoms with Gasteiger partial charge in [0.1, 0.15) is 11.6 Å². The zero-order chi connectivity index (χ0) is 24.0. The molecule has 0 unspecified atom stereocenters. The summed E-state index contributed by atoms with van der Waals surface area (Å²) in [6, 6.07) is 2.97. The van der Waals surface area contributed by atoms with Gasteiger partial charge in [0.15, 0.2) is 5.69 Å². The van der Waals surface area contributed by atoms with E-state index < -0.39 is 5.82 Å². The van der Waals surface area contributed by atoms with Crippen LogP contribution < -0.4 is 5.32 Å². The predicted molar refractivity (Wildman–Crippen MR) is 129 cm³/mol. The molecule has 7 nitrogen and oxygen atoms in total. The minimum Gasteiger partial charge on any atom is -0.348 e. The van der Waals surface area contributed by atoms with Crippen LogP contribution in [-0.4, -0.2) is 44.6 Å². The van der Waals surface area contributed by atoms with E-state index in [0.717, 1.165) is 23.7 Å². The fourth-order valence-corrected chi connectivity index (χ4v) is 5.79. The highest BCUT2D eigenvalue weighted by molar-refractivity contribution is 7.17. The molecule has 3 aromatic rings. The molecule has 3 aromatic heterocycles. The van der Waals surface area contributed by atoms with E-state index in [1.54, 1.807) is 11.1 Å². The third kappa shape index (κ3) is 4.53. The van der Waals surface area contributed by atoms with Gasteiger partial charge >= 0.3 is 0 Å². The number of amides is 1. The maximum atomic E-state index is 13.6. The van der Waals surface area contributed by atoms with E-state index in [-0.39, 0.29) is 29.2 Å². The number of hydrogen-bond donors (Lipinski definition) is 1. The summed E-state index contributed by atoms with van der Waals surface area (Å²) in [5.74, 6) is 0.502. The summed E-state index contributed by atoms with van der Waals surface area (Å²) in [6.07, 6.45) is 5.23. The fraction of sp³-hybridized carbons (Fsp3) is 0.480. The standard InChI is InChI=1S/C25H28FN5O2S/c1-14(16-7-18(26)11-27-10-16)28-24-29-19-4-5-34-22(19)21(30-24)23(33)31-12-15(13-31)6-20(32)17-8-25(2,3)9-17/h4-5,7,10-11,14-15,17H,6,8-9,12-13H2,1-3H3,(H,28,29,30)/t14-/m0/s1. The van der Waals surface area contributed by atoms with Crippen molar-refractivity contribution in [3.05, 3.63) is 47.0 Å². The number of aromatic nitrogens is 3. The van der Waals surface area contributed by atoms with E-state index in [4.69, 9.17) is 0 Å². The minimum atomic E-state index is -0.414. The predicted octanol–water partition coefficient (Wildman–Crippen LogP) is 4.87. The topological polar surface area (TPSA) is 88.1 Å². The van der Waals surface area contributed by atoms with Gasteiger partial charge in [-0.05, 0) is 48.3 Å². The van der Waals surface area contributed by atoms with Crippen LogP contribution in [0, 0.1) is 23.1 Å². The Morgan fingerprint density at radius 2 is 2.03 bits per heavy atom. The van der Waals surface area contributed by atoms with E-state index in [1.165, 1.54) is 17.4 Å². The molecule has 1 saturated heterocycles. The van der Waals surface area contributed by atoms with Crippen molar-refractivity contribution in [1.29, 1.82) is 0 Å². The Labute approximate surface area is 201 Å². The number of halogens is 1. The van der Waals surface area contributed by atoms with Gasteiger partial charge in [0.2, 0.25) is 5.95 Å². The number of nitrogens with zero attached hydrogens (tertiary/aromatic N) is 4. The molecular weight excluding hydrogens is 453 g/mol. The summed E-state index contributed by atoms with van der Waals surface area (Å²) < 4.78 is 14.3. The minimum absolute atomic E-state index is 0.147. The van der Waals surface area contributed by atoms with E-state index >= 15 is 0 Å². The second kappa shape index (κ2) is 8.69. The number of anilines is 1. The first-order valence-electron chi connectivity index (χ1n) is 11.6. The number of fused-ring (bicyclic) bond motifs is 1. The summed E-state index contributed by atoms with van der Waals surface area (Å²) in [6.45, 7) is 7.41. The SMILES string of the molecule is C[C@H](Nc1nc(C(=O)N2CC(CC(=O)C3CC(C)(C)C3)C2)c2sccc2n1)c1cncc(F)c1. The maximum Gasteiger partial charge on any atom is 0.274 e. The number of likely N-dealkylation sites (tertiary alicyclic amines) is 1. The first-order valence-corrected chi connectivity index (χ1v) is 12.5. The Hall–Kier alpha value is -2.94. The lowest BCUT2D eigenvalue weighted by Gasteiger charge is -2.44. The molecule has 1 N–H and O–H groups in total. The fourth-order valence-electron chi connectivity index (χ4n) is 4.98. The smallest absolute Gasteiger partial charge is 0.274 e. The number of carbonyl (C=O) groups is 2. The second-order valence-corrected chi connectivity index (χ2v) is 11.3. The van der Waals surface area contributed by atoms with Crippen molar-refractivity contribution in [3.63, 3.8) is 0 Å².